The molecule has 3 rings (SSSR count). The Balaban J connectivity index is 1.66. The monoisotopic (exact) mass is 460 g/mol. The lowest BCUT2D eigenvalue weighted by Crippen LogP contribution is -2.36. The maximum Gasteiger partial charge on any atom is 0.0812 e. The average Bonchev–Trinajstić information content (AvgIpc) is 3.08. The van der Waals surface area contributed by atoms with E-state index in [1.807, 2.05) is 13.8 Å². The first-order valence-corrected chi connectivity index (χ1v) is 13.3. The molecule has 3 aliphatic carbocycles. The average molecular weight is 461 g/mol. The van der Waals surface area contributed by atoms with Crippen LogP contribution in [0.15, 0.2) is 34.9 Å². The molecule has 0 aromatic heterocycles. The second kappa shape index (κ2) is 11.2. The molecule has 6 atom stereocenters. The zero-order valence-electron chi connectivity index (χ0n) is 21.4. The Hall–Kier alpha value is -0.940. The normalized spacial score (nSPS) is 35.0. The molecule has 0 spiro atoms. The van der Waals surface area contributed by atoms with Crippen molar-refractivity contribution in [2.24, 2.45) is 23.2 Å². The second-order valence-corrected chi connectivity index (χ2v) is 12.0. The molecule has 33 heavy (non-hydrogen) atoms. The summed E-state index contributed by atoms with van der Waals surface area (Å²) >= 11 is 0. The van der Waals surface area contributed by atoms with E-state index in [0.717, 1.165) is 30.8 Å². The van der Waals surface area contributed by atoms with Crippen LogP contribution in [0, 0.1) is 23.2 Å². The molecule has 0 aromatic rings. The highest BCUT2D eigenvalue weighted by molar-refractivity contribution is 5.30. The lowest BCUT2D eigenvalue weighted by Gasteiger charge is -2.44. The van der Waals surface area contributed by atoms with Crippen LogP contribution in [-0.2, 0) is 0 Å². The summed E-state index contributed by atoms with van der Waals surface area (Å²) in [5, 5.41) is 40.1. The number of allylic oxidation sites excluding steroid dienone is 3. The lowest BCUT2D eigenvalue weighted by atomic mass is 9.60. The molecule has 0 saturated heterocycles. The van der Waals surface area contributed by atoms with E-state index >= 15 is 0 Å². The standard InChI is InChI=1S/C29H48O4/c1-20(8-5-15-28(2,3)33)24-13-14-25-22(9-6-16-29(24,25)4)12-11-21-18-26(31)23(10-7-17-30)27(32)19-21/h10-12,20,24-27,30-33H,5-9,13-19H2,1-4H3/b21-11?,22-12+,23-10?/t20-,24-,25+,26-,27-,29-/m1/s1. The summed E-state index contributed by atoms with van der Waals surface area (Å²) in [5.41, 5.74) is 3.14. The lowest BCUT2D eigenvalue weighted by molar-refractivity contribution is 0.0596. The van der Waals surface area contributed by atoms with Gasteiger partial charge in [0.15, 0.2) is 0 Å². The van der Waals surface area contributed by atoms with Gasteiger partial charge in [-0.3, -0.25) is 0 Å². The van der Waals surface area contributed by atoms with Crippen molar-refractivity contribution in [3.63, 3.8) is 0 Å². The van der Waals surface area contributed by atoms with Crippen LogP contribution in [0.2, 0.25) is 0 Å². The molecule has 0 amide bonds. The molecule has 0 radical (unpaired) electrons. The van der Waals surface area contributed by atoms with Gasteiger partial charge < -0.3 is 20.4 Å². The van der Waals surface area contributed by atoms with Crippen molar-refractivity contribution >= 4 is 0 Å². The number of aliphatic hydroxyl groups is 4. The van der Waals surface area contributed by atoms with Gasteiger partial charge in [0.1, 0.15) is 0 Å². The topological polar surface area (TPSA) is 80.9 Å². The van der Waals surface area contributed by atoms with Crippen molar-refractivity contribution in [3.05, 3.63) is 34.9 Å². The van der Waals surface area contributed by atoms with Crippen molar-refractivity contribution in [2.75, 3.05) is 6.61 Å². The SMILES string of the molecule is C[C@H](CCCC(C)(C)O)[C@H]1CC[C@H]2/C(=C/C=C3C[C@@H](O)C(=CCCO)[C@H](O)C3)CCC[C@]12C. The summed E-state index contributed by atoms with van der Waals surface area (Å²) in [7, 11) is 0. The largest absolute Gasteiger partial charge is 0.396 e. The fraction of sp³-hybridized carbons (Fsp3) is 0.793. The predicted molar refractivity (Wildman–Crippen MR) is 135 cm³/mol. The van der Waals surface area contributed by atoms with E-state index in [4.69, 9.17) is 5.11 Å². The Bertz CT molecular complexity index is 727. The fourth-order valence-electron chi connectivity index (χ4n) is 7.17. The summed E-state index contributed by atoms with van der Waals surface area (Å²) in [5.74, 6) is 2.08. The minimum atomic E-state index is -0.651. The van der Waals surface area contributed by atoms with E-state index in [0.29, 0.717) is 42.1 Å². The highest BCUT2D eigenvalue weighted by Crippen LogP contribution is 2.60. The number of hydrogen-bond acceptors (Lipinski definition) is 4. The van der Waals surface area contributed by atoms with E-state index in [9.17, 15) is 15.3 Å². The van der Waals surface area contributed by atoms with Crippen molar-refractivity contribution in [3.8, 4) is 0 Å². The summed E-state index contributed by atoms with van der Waals surface area (Å²) in [6.45, 7) is 8.81. The Morgan fingerprint density at radius 1 is 1.12 bits per heavy atom. The first-order valence-electron chi connectivity index (χ1n) is 13.3. The molecule has 0 heterocycles. The molecule has 3 saturated carbocycles. The minimum absolute atomic E-state index is 0.0386. The van der Waals surface area contributed by atoms with E-state index in [1.54, 1.807) is 11.6 Å². The smallest absolute Gasteiger partial charge is 0.0812 e. The number of aliphatic hydroxyl groups excluding tert-OH is 3. The first kappa shape index (κ1) is 26.7. The van der Waals surface area contributed by atoms with Gasteiger partial charge in [-0.25, -0.2) is 0 Å². The Morgan fingerprint density at radius 2 is 1.82 bits per heavy atom. The zero-order valence-corrected chi connectivity index (χ0v) is 21.4. The van der Waals surface area contributed by atoms with Crippen LogP contribution in [0.25, 0.3) is 0 Å². The van der Waals surface area contributed by atoms with Gasteiger partial charge >= 0.3 is 0 Å². The first-order chi connectivity index (χ1) is 15.5. The van der Waals surface area contributed by atoms with Gasteiger partial charge in [0.2, 0.25) is 0 Å². The van der Waals surface area contributed by atoms with Gasteiger partial charge in [-0.1, -0.05) is 56.1 Å². The molecule has 3 fully saturated rings. The van der Waals surface area contributed by atoms with Crippen molar-refractivity contribution in [1.82, 2.24) is 0 Å². The molecule has 4 nitrogen and oxygen atoms in total. The van der Waals surface area contributed by atoms with Crippen LogP contribution in [0.5, 0.6) is 0 Å². The van der Waals surface area contributed by atoms with Crippen molar-refractivity contribution in [1.29, 1.82) is 0 Å². The number of hydrogen-bond donors (Lipinski definition) is 4. The van der Waals surface area contributed by atoms with Gasteiger partial charge in [-0.15, -0.1) is 0 Å². The third-order valence-electron chi connectivity index (χ3n) is 8.90. The predicted octanol–water partition coefficient (Wildman–Crippen LogP) is 5.46. The third kappa shape index (κ3) is 6.60. The molecule has 0 unspecified atom stereocenters. The Labute approximate surface area is 201 Å². The minimum Gasteiger partial charge on any atom is -0.396 e. The molecular weight excluding hydrogens is 412 g/mol. The number of rotatable bonds is 8. The fourth-order valence-corrected chi connectivity index (χ4v) is 7.17. The Kier molecular flexibility index (Phi) is 9.05. The van der Waals surface area contributed by atoms with Crippen molar-refractivity contribution < 1.29 is 20.4 Å². The van der Waals surface area contributed by atoms with Gasteiger partial charge in [-0.2, -0.15) is 0 Å². The van der Waals surface area contributed by atoms with E-state index in [-0.39, 0.29) is 6.61 Å². The second-order valence-electron chi connectivity index (χ2n) is 12.0. The van der Waals surface area contributed by atoms with Gasteiger partial charge in [0.25, 0.3) is 0 Å². The van der Waals surface area contributed by atoms with Crippen LogP contribution >= 0.6 is 0 Å². The van der Waals surface area contributed by atoms with E-state index in [2.05, 4.69) is 26.0 Å². The summed E-state index contributed by atoms with van der Waals surface area (Å²) < 4.78 is 0. The van der Waals surface area contributed by atoms with Crippen LogP contribution in [0.1, 0.15) is 98.3 Å². The molecule has 0 bridgehead atoms. The van der Waals surface area contributed by atoms with E-state index < -0.39 is 17.8 Å². The van der Waals surface area contributed by atoms with Crippen LogP contribution < -0.4 is 0 Å². The van der Waals surface area contributed by atoms with Crippen LogP contribution in [-0.4, -0.2) is 44.8 Å². The zero-order chi connectivity index (χ0) is 24.2. The quantitative estimate of drug-likeness (QED) is 0.363. The van der Waals surface area contributed by atoms with Gasteiger partial charge in [0.05, 0.1) is 17.8 Å². The van der Waals surface area contributed by atoms with Crippen LogP contribution in [0.3, 0.4) is 0 Å². The molecule has 188 valence electrons. The van der Waals surface area contributed by atoms with Crippen molar-refractivity contribution in [2.45, 2.75) is 116 Å². The molecule has 4 N–H and O–H groups in total. The molecular formula is C29H48O4. The maximum absolute atomic E-state index is 10.5. The van der Waals surface area contributed by atoms with Crippen LogP contribution in [0.4, 0.5) is 0 Å². The summed E-state index contributed by atoms with van der Waals surface area (Å²) in [6.07, 6.45) is 16.1. The van der Waals surface area contributed by atoms with Gasteiger partial charge in [-0.05, 0) is 100 Å². The maximum atomic E-state index is 10.5. The van der Waals surface area contributed by atoms with Gasteiger partial charge in [0, 0.05) is 6.61 Å². The molecule has 0 aliphatic heterocycles. The summed E-state index contributed by atoms with van der Waals surface area (Å²) in [6, 6.07) is 0. The van der Waals surface area contributed by atoms with E-state index in [1.165, 1.54) is 32.1 Å². The molecule has 3 aliphatic rings. The molecule has 0 aromatic carbocycles. The molecule has 4 heteroatoms. The number of fused-ring (bicyclic) bond motifs is 1. The summed E-state index contributed by atoms with van der Waals surface area (Å²) in [4.78, 5) is 0. The Morgan fingerprint density at radius 3 is 2.45 bits per heavy atom. The highest BCUT2D eigenvalue weighted by Gasteiger charge is 2.50. The highest BCUT2D eigenvalue weighted by atomic mass is 16.3. The third-order valence-corrected chi connectivity index (χ3v) is 8.90.